The number of aromatic nitrogens is 1. The smallest absolute Gasteiger partial charge is 0.254 e. The van der Waals surface area contributed by atoms with Crippen LogP contribution in [0.1, 0.15) is 16.8 Å². The number of methoxy groups -OCH3 is 1. The van der Waals surface area contributed by atoms with Crippen molar-refractivity contribution >= 4 is 17.6 Å². The van der Waals surface area contributed by atoms with E-state index in [1.807, 2.05) is 78.9 Å². The van der Waals surface area contributed by atoms with Crippen molar-refractivity contribution in [3.63, 3.8) is 0 Å². The van der Waals surface area contributed by atoms with Crippen molar-refractivity contribution in [2.24, 2.45) is 0 Å². The molecular formula is C23H22N2O2. The summed E-state index contributed by atoms with van der Waals surface area (Å²) in [4.78, 5) is 19.2. The summed E-state index contributed by atoms with van der Waals surface area (Å²) >= 11 is 0. The molecule has 0 bridgehead atoms. The van der Waals surface area contributed by atoms with Crippen LogP contribution in [-0.2, 0) is 11.3 Å². The zero-order valence-electron chi connectivity index (χ0n) is 15.5. The van der Waals surface area contributed by atoms with E-state index in [1.54, 1.807) is 25.3 Å². The molecule has 0 spiro atoms. The molecule has 2 aromatic carbocycles. The fourth-order valence-corrected chi connectivity index (χ4v) is 2.84. The summed E-state index contributed by atoms with van der Waals surface area (Å²) in [6.45, 7) is 0.440. The highest BCUT2D eigenvalue weighted by molar-refractivity contribution is 6.24. The molecular weight excluding hydrogens is 336 g/mol. The highest BCUT2D eigenvalue weighted by Crippen LogP contribution is 2.26. The summed E-state index contributed by atoms with van der Waals surface area (Å²) in [7, 11) is 3.42. The molecule has 4 nitrogen and oxygen atoms in total. The number of benzene rings is 2. The van der Waals surface area contributed by atoms with Crippen molar-refractivity contribution in [2.75, 3.05) is 14.2 Å². The van der Waals surface area contributed by atoms with Crippen LogP contribution in [0.3, 0.4) is 0 Å². The van der Waals surface area contributed by atoms with E-state index in [0.29, 0.717) is 12.1 Å². The van der Waals surface area contributed by atoms with Crippen molar-refractivity contribution in [3.8, 4) is 5.75 Å². The molecule has 0 aliphatic carbocycles. The molecule has 1 amide bonds. The van der Waals surface area contributed by atoms with Crippen molar-refractivity contribution < 1.29 is 9.53 Å². The van der Waals surface area contributed by atoms with Gasteiger partial charge in [-0.15, -0.1) is 0 Å². The fraction of sp³-hybridized carbons (Fsp3) is 0.130. The van der Waals surface area contributed by atoms with Gasteiger partial charge in [0.15, 0.2) is 0 Å². The molecule has 27 heavy (non-hydrogen) atoms. The van der Waals surface area contributed by atoms with Gasteiger partial charge in [0, 0.05) is 24.4 Å². The molecule has 136 valence electrons. The second-order valence-corrected chi connectivity index (χ2v) is 6.15. The molecule has 0 aliphatic rings. The molecule has 0 fully saturated rings. The molecule has 1 aromatic heterocycles. The van der Waals surface area contributed by atoms with Gasteiger partial charge in [0.05, 0.1) is 19.3 Å². The number of para-hydroxylation sites is 1. The minimum absolute atomic E-state index is 0.0715. The minimum atomic E-state index is -0.0715. The Bertz CT molecular complexity index is 921. The van der Waals surface area contributed by atoms with E-state index in [2.05, 4.69) is 4.98 Å². The lowest BCUT2D eigenvalue weighted by Gasteiger charge is -2.19. The number of rotatable bonds is 6. The maximum Gasteiger partial charge on any atom is 0.254 e. The third-order valence-electron chi connectivity index (χ3n) is 4.23. The highest BCUT2D eigenvalue weighted by atomic mass is 16.5. The van der Waals surface area contributed by atoms with Crippen LogP contribution in [0.5, 0.6) is 5.75 Å². The number of likely N-dealkylation sites (N-methyl/N-ethyl adjacent to an activating group) is 1. The van der Waals surface area contributed by atoms with Crippen LogP contribution < -0.4 is 4.74 Å². The van der Waals surface area contributed by atoms with E-state index in [1.165, 1.54) is 0 Å². The average molecular weight is 358 g/mol. The Hall–Kier alpha value is -3.40. The standard InChI is InChI=1S/C23H22N2O2/c1-25(17-20-13-8-9-15-24-20)23(26)21(18-10-4-3-5-11-18)16-19-12-6-7-14-22(19)27-2/h3-16H,17H2,1-2H3. The predicted molar refractivity (Wildman–Crippen MR) is 108 cm³/mol. The van der Waals surface area contributed by atoms with Crippen LogP contribution in [0, 0.1) is 0 Å². The molecule has 0 aliphatic heterocycles. The van der Waals surface area contributed by atoms with Crippen LogP contribution in [0.4, 0.5) is 0 Å². The Balaban J connectivity index is 1.97. The van der Waals surface area contributed by atoms with Gasteiger partial charge in [0.1, 0.15) is 5.75 Å². The van der Waals surface area contributed by atoms with Crippen LogP contribution in [0.25, 0.3) is 11.6 Å². The van der Waals surface area contributed by atoms with Gasteiger partial charge in [0.25, 0.3) is 5.91 Å². The SMILES string of the molecule is COc1ccccc1C=C(C(=O)N(C)Cc1ccccn1)c1ccccc1. The molecule has 4 heteroatoms. The molecule has 0 N–H and O–H groups in total. The number of amides is 1. The largest absolute Gasteiger partial charge is 0.496 e. The number of nitrogens with zero attached hydrogens (tertiary/aromatic N) is 2. The Kier molecular flexibility index (Phi) is 6.00. The first kappa shape index (κ1) is 18.4. The third kappa shape index (κ3) is 4.61. The maximum atomic E-state index is 13.2. The lowest BCUT2D eigenvalue weighted by Crippen LogP contribution is -2.27. The average Bonchev–Trinajstić information content (AvgIpc) is 2.73. The lowest BCUT2D eigenvalue weighted by atomic mass is 10.0. The topological polar surface area (TPSA) is 42.4 Å². The fourth-order valence-electron chi connectivity index (χ4n) is 2.84. The quantitative estimate of drug-likeness (QED) is 0.488. The third-order valence-corrected chi connectivity index (χ3v) is 4.23. The predicted octanol–water partition coefficient (Wildman–Crippen LogP) is 4.29. The van der Waals surface area contributed by atoms with Crippen molar-refractivity contribution in [1.82, 2.24) is 9.88 Å². The number of hydrogen-bond donors (Lipinski definition) is 0. The Morgan fingerprint density at radius 3 is 2.41 bits per heavy atom. The van der Waals surface area contributed by atoms with Crippen LogP contribution >= 0.6 is 0 Å². The molecule has 3 aromatic rings. The second kappa shape index (κ2) is 8.81. The first-order chi connectivity index (χ1) is 13.2. The summed E-state index contributed by atoms with van der Waals surface area (Å²) in [6, 6.07) is 23.0. The minimum Gasteiger partial charge on any atom is -0.496 e. The van der Waals surface area contributed by atoms with Gasteiger partial charge in [-0.1, -0.05) is 54.6 Å². The van der Waals surface area contributed by atoms with E-state index in [9.17, 15) is 4.79 Å². The van der Waals surface area contributed by atoms with Gasteiger partial charge in [-0.2, -0.15) is 0 Å². The summed E-state index contributed by atoms with van der Waals surface area (Å²) in [5.74, 6) is 0.656. The molecule has 3 rings (SSSR count). The summed E-state index contributed by atoms with van der Waals surface area (Å²) in [6.07, 6.45) is 3.61. The Labute approximate surface area is 159 Å². The summed E-state index contributed by atoms with van der Waals surface area (Å²) in [5.41, 5.74) is 3.18. The first-order valence-corrected chi connectivity index (χ1v) is 8.74. The molecule has 1 heterocycles. The molecule has 0 saturated carbocycles. The lowest BCUT2D eigenvalue weighted by molar-refractivity contribution is -0.124. The highest BCUT2D eigenvalue weighted by Gasteiger charge is 2.18. The van der Waals surface area contributed by atoms with Gasteiger partial charge in [-0.3, -0.25) is 9.78 Å². The van der Waals surface area contributed by atoms with Gasteiger partial charge in [0.2, 0.25) is 0 Å². The van der Waals surface area contributed by atoms with Gasteiger partial charge in [-0.05, 0) is 29.8 Å². The molecule has 0 radical (unpaired) electrons. The van der Waals surface area contributed by atoms with Crippen LogP contribution in [-0.4, -0.2) is 29.9 Å². The molecule has 0 unspecified atom stereocenters. The first-order valence-electron chi connectivity index (χ1n) is 8.74. The normalized spacial score (nSPS) is 11.1. The van der Waals surface area contributed by atoms with Crippen molar-refractivity contribution in [1.29, 1.82) is 0 Å². The molecule has 0 atom stereocenters. The van der Waals surface area contributed by atoms with Crippen LogP contribution in [0.2, 0.25) is 0 Å². The van der Waals surface area contributed by atoms with E-state index in [-0.39, 0.29) is 5.91 Å². The maximum absolute atomic E-state index is 13.2. The van der Waals surface area contributed by atoms with Crippen molar-refractivity contribution in [3.05, 3.63) is 95.8 Å². The Morgan fingerprint density at radius 2 is 1.70 bits per heavy atom. The van der Waals surface area contributed by atoms with E-state index in [0.717, 1.165) is 22.6 Å². The number of hydrogen-bond acceptors (Lipinski definition) is 3. The molecule has 0 saturated heterocycles. The van der Waals surface area contributed by atoms with Crippen molar-refractivity contribution in [2.45, 2.75) is 6.54 Å². The Morgan fingerprint density at radius 1 is 1.00 bits per heavy atom. The number of carbonyl (C=O) groups is 1. The number of carbonyl (C=O) groups excluding carboxylic acids is 1. The van der Waals surface area contributed by atoms with Gasteiger partial charge < -0.3 is 9.64 Å². The monoisotopic (exact) mass is 358 g/mol. The number of pyridine rings is 1. The second-order valence-electron chi connectivity index (χ2n) is 6.15. The van der Waals surface area contributed by atoms with Gasteiger partial charge in [-0.25, -0.2) is 0 Å². The van der Waals surface area contributed by atoms with Crippen LogP contribution in [0.15, 0.2) is 79.0 Å². The van der Waals surface area contributed by atoms with E-state index >= 15 is 0 Å². The summed E-state index contributed by atoms with van der Waals surface area (Å²) in [5, 5.41) is 0. The zero-order chi connectivity index (χ0) is 19.1. The summed E-state index contributed by atoms with van der Waals surface area (Å²) < 4.78 is 5.44. The number of ether oxygens (including phenoxy) is 1. The zero-order valence-corrected chi connectivity index (χ0v) is 15.5. The van der Waals surface area contributed by atoms with E-state index < -0.39 is 0 Å². The van der Waals surface area contributed by atoms with E-state index in [4.69, 9.17) is 4.74 Å². The van der Waals surface area contributed by atoms with Gasteiger partial charge >= 0.3 is 0 Å².